The molecule has 1 rings (SSSR count). The van der Waals surface area contributed by atoms with E-state index in [2.05, 4.69) is 15.9 Å². The highest BCUT2D eigenvalue weighted by Gasteiger charge is 2.10. The van der Waals surface area contributed by atoms with Crippen LogP contribution in [0.3, 0.4) is 0 Å². The second-order valence-corrected chi connectivity index (χ2v) is 5.09. The van der Waals surface area contributed by atoms with Crippen molar-refractivity contribution in [2.24, 2.45) is 0 Å². The summed E-state index contributed by atoms with van der Waals surface area (Å²) in [7, 11) is 0. The fourth-order valence-electron chi connectivity index (χ4n) is 1.04. The Morgan fingerprint density at radius 1 is 1.75 bits per heavy atom. The molecular weight excluding hydrogens is 290 g/mol. The zero-order valence-electron chi connectivity index (χ0n) is 8.91. The van der Waals surface area contributed by atoms with Crippen LogP contribution in [0.25, 0.3) is 6.08 Å². The normalized spacial score (nSPS) is 11.0. The summed E-state index contributed by atoms with van der Waals surface area (Å²) in [5, 5.41) is 8.83. The molecule has 0 unspecified atom stereocenters. The number of esters is 1. The number of ether oxygens (including phenoxy) is 1. The van der Waals surface area contributed by atoms with Gasteiger partial charge in [-0.25, -0.2) is 4.79 Å². The molecule has 5 heteroatoms. The van der Waals surface area contributed by atoms with E-state index in [9.17, 15) is 4.79 Å². The van der Waals surface area contributed by atoms with Crippen LogP contribution < -0.4 is 0 Å². The Balaban J connectivity index is 2.97. The lowest BCUT2D eigenvalue weighted by Crippen LogP contribution is -2.05. The van der Waals surface area contributed by atoms with Gasteiger partial charge in [-0.05, 0) is 41.9 Å². The van der Waals surface area contributed by atoms with Crippen molar-refractivity contribution < 1.29 is 9.53 Å². The Labute approximate surface area is 106 Å². The van der Waals surface area contributed by atoms with E-state index in [0.717, 1.165) is 14.2 Å². The number of nitriles is 1. The summed E-state index contributed by atoms with van der Waals surface area (Å²) in [5.41, 5.74) is 0.0237. The molecule has 0 radical (unpaired) electrons. The van der Waals surface area contributed by atoms with Crippen LogP contribution in [0.4, 0.5) is 0 Å². The van der Waals surface area contributed by atoms with Gasteiger partial charge in [0.15, 0.2) is 0 Å². The van der Waals surface area contributed by atoms with Crippen molar-refractivity contribution in [2.75, 3.05) is 6.61 Å². The molecule has 0 aliphatic carbocycles. The highest BCUT2D eigenvalue weighted by Crippen LogP contribution is 2.27. The van der Waals surface area contributed by atoms with Gasteiger partial charge in [-0.1, -0.05) is 0 Å². The number of thiophene rings is 1. The van der Waals surface area contributed by atoms with Crippen molar-refractivity contribution in [2.45, 2.75) is 13.8 Å². The van der Waals surface area contributed by atoms with E-state index in [0.29, 0.717) is 0 Å². The van der Waals surface area contributed by atoms with Crippen LogP contribution in [-0.2, 0) is 9.53 Å². The molecule has 3 nitrogen and oxygen atoms in total. The smallest absolute Gasteiger partial charge is 0.348 e. The first-order valence-electron chi connectivity index (χ1n) is 4.63. The van der Waals surface area contributed by atoms with Crippen molar-refractivity contribution in [3.8, 4) is 6.07 Å². The Kier molecular flexibility index (Phi) is 4.71. The Hall–Kier alpha value is -1.12. The molecule has 1 aromatic heterocycles. The van der Waals surface area contributed by atoms with Gasteiger partial charge in [-0.2, -0.15) is 5.26 Å². The van der Waals surface area contributed by atoms with Gasteiger partial charge in [0.05, 0.1) is 6.61 Å². The lowest BCUT2D eigenvalue weighted by Gasteiger charge is -1.97. The van der Waals surface area contributed by atoms with Gasteiger partial charge >= 0.3 is 5.97 Å². The van der Waals surface area contributed by atoms with Gasteiger partial charge in [0, 0.05) is 14.2 Å². The second kappa shape index (κ2) is 5.83. The molecule has 1 aromatic rings. The summed E-state index contributed by atoms with van der Waals surface area (Å²) in [4.78, 5) is 13.3. The maximum Gasteiger partial charge on any atom is 0.348 e. The lowest BCUT2D eigenvalue weighted by molar-refractivity contribution is -0.137. The van der Waals surface area contributed by atoms with E-state index in [1.165, 1.54) is 11.3 Å². The second-order valence-electron chi connectivity index (χ2n) is 2.94. The van der Waals surface area contributed by atoms with Gasteiger partial charge in [0.25, 0.3) is 0 Å². The third-order valence-electron chi connectivity index (χ3n) is 1.78. The first-order chi connectivity index (χ1) is 7.58. The van der Waals surface area contributed by atoms with Crippen molar-refractivity contribution in [1.82, 2.24) is 0 Å². The van der Waals surface area contributed by atoms with Crippen molar-refractivity contribution in [3.63, 3.8) is 0 Å². The van der Waals surface area contributed by atoms with E-state index in [4.69, 9.17) is 10.00 Å². The number of carbonyl (C=O) groups is 1. The van der Waals surface area contributed by atoms with Crippen molar-refractivity contribution >= 4 is 39.3 Å². The van der Waals surface area contributed by atoms with Crippen molar-refractivity contribution in [3.05, 3.63) is 25.9 Å². The molecule has 16 heavy (non-hydrogen) atoms. The van der Waals surface area contributed by atoms with E-state index < -0.39 is 5.97 Å². The standard InChI is InChI=1S/C11H10BrNO2S/c1-3-15-11(14)8(6-13)4-9-5-10(12)7(2)16-9/h4-5H,3H2,1-2H3/b8-4+. The average Bonchev–Trinajstić information content (AvgIpc) is 2.55. The average molecular weight is 300 g/mol. The minimum Gasteiger partial charge on any atom is -0.462 e. The van der Waals surface area contributed by atoms with E-state index in [-0.39, 0.29) is 12.2 Å². The lowest BCUT2D eigenvalue weighted by atomic mass is 10.2. The van der Waals surface area contributed by atoms with E-state index >= 15 is 0 Å². The summed E-state index contributed by atoms with van der Waals surface area (Å²) in [6.07, 6.45) is 1.54. The van der Waals surface area contributed by atoms with Crippen LogP contribution in [0.5, 0.6) is 0 Å². The number of hydrogen-bond donors (Lipinski definition) is 0. The zero-order valence-corrected chi connectivity index (χ0v) is 11.3. The molecule has 0 aliphatic heterocycles. The van der Waals surface area contributed by atoms with Gasteiger partial charge in [-0.15, -0.1) is 11.3 Å². The Morgan fingerprint density at radius 3 is 2.88 bits per heavy atom. The van der Waals surface area contributed by atoms with E-state index in [1.807, 2.05) is 19.1 Å². The molecule has 0 N–H and O–H groups in total. The number of nitrogens with zero attached hydrogens (tertiary/aromatic N) is 1. The van der Waals surface area contributed by atoms with Gasteiger partial charge in [0.1, 0.15) is 11.6 Å². The number of carbonyl (C=O) groups excluding carboxylic acids is 1. The summed E-state index contributed by atoms with van der Waals surface area (Å²) in [6, 6.07) is 3.71. The molecule has 0 amide bonds. The maximum absolute atomic E-state index is 11.4. The third kappa shape index (κ3) is 3.19. The Morgan fingerprint density at radius 2 is 2.44 bits per heavy atom. The number of halogens is 1. The summed E-state index contributed by atoms with van der Waals surface area (Å²) < 4.78 is 5.74. The third-order valence-corrected chi connectivity index (χ3v) is 3.86. The highest BCUT2D eigenvalue weighted by atomic mass is 79.9. The van der Waals surface area contributed by atoms with Gasteiger partial charge in [-0.3, -0.25) is 0 Å². The van der Waals surface area contributed by atoms with Crippen LogP contribution in [0.2, 0.25) is 0 Å². The minimum absolute atomic E-state index is 0.0237. The Bertz CT molecular complexity index is 451. The predicted octanol–water partition coefficient (Wildman–Crippen LogP) is 3.29. The van der Waals surface area contributed by atoms with Crippen LogP contribution >= 0.6 is 27.3 Å². The topological polar surface area (TPSA) is 50.1 Å². The SMILES string of the molecule is CCOC(=O)/C(C#N)=C/c1cc(Br)c(C)s1. The maximum atomic E-state index is 11.4. The van der Waals surface area contributed by atoms with Gasteiger partial charge in [0.2, 0.25) is 0 Å². The first-order valence-corrected chi connectivity index (χ1v) is 6.24. The molecule has 0 aromatic carbocycles. The van der Waals surface area contributed by atoms with Crippen LogP contribution in [0.15, 0.2) is 16.1 Å². The van der Waals surface area contributed by atoms with Crippen LogP contribution in [0.1, 0.15) is 16.7 Å². The largest absolute Gasteiger partial charge is 0.462 e. The van der Waals surface area contributed by atoms with Crippen molar-refractivity contribution in [1.29, 1.82) is 5.26 Å². The molecular formula is C11H10BrNO2S. The number of rotatable bonds is 3. The van der Waals surface area contributed by atoms with E-state index in [1.54, 1.807) is 13.0 Å². The zero-order chi connectivity index (χ0) is 12.1. The highest BCUT2D eigenvalue weighted by molar-refractivity contribution is 9.10. The monoisotopic (exact) mass is 299 g/mol. The first kappa shape index (κ1) is 12.9. The molecule has 0 fully saturated rings. The van der Waals surface area contributed by atoms with Crippen LogP contribution in [-0.4, -0.2) is 12.6 Å². The molecule has 0 saturated heterocycles. The molecule has 0 aliphatic rings. The quantitative estimate of drug-likeness (QED) is 0.489. The fraction of sp³-hybridized carbons (Fsp3) is 0.273. The molecule has 0 atom stereocenters. The summed E-state index contributed by atoms with van der Waals surface area (Å²) in [5.74, 6) is -0.577. The molecule has 1 heterocycles. The molecule has 0 saturated carbocycles. The van der Waals surface area contributed by atoms with Gasteiger partial charge < -0.3 is 4.74 Å². The molecule has 0 bridgehead atoms. The number of aryl methyl sites for hydroxylation is 1. The minimum atomic E-state index is -0.577. The summed E-state index contributed by atoms with van der Waals surface area (Å²) >= 11 is 4.89. The molecule has 0 spiro atoms. The van der Waals surface area contributed by atoms with Crippen LogP contribution in [0, 0.1) is 18.3 Å². The number of hydrogen-bond acceptors (Lipinski definition) is 4. The summed E-state index contributed by atoms with van der Waals surface area (Å²) in [6.45, 7) is 3.94. The fourth-order valence-corrected chi connectivity index (χ4v) is 2.55. The predicted molar refractivity (Wildman–Crippen MR) is 67.0 cm³/mol. The molecule has 84 valence electrons.